The average molecular weight is 230 g/mol. The molecule has 0 saturated carbocycles. The van der Waals surface area contributed by atoms with Gasteiger partial charge in [0.1, 0.15) is 5.69 Å². The minimum atomic E-state index is -4.35. The second kappa shape index (κ2) is 4.41. The van der Waals surface area contributed by atoms with Gasteiger partial charge in [0.2, 0.25) is 0 Å². The maximum Gasteiger partial charge on any atom is 0.433 e. The molecule has 88 valence electrons. The second-order valence-corrected chi connectivity index (χ2v) is 4.02. The molecule has 1 aliphatic heterocycles. The number of nitrogens with one attached hydrogen (secondary N) is 1. The van der Waals surface area contributed by atoms with E-state index in [0.29, 0.717) is 0 Å². The molecule has 0 radical (unpaired) electrons. The fourth-order valence-electron chi connectivity index (χ4n) is 1.99. The zero-order valence-electron chi connectivity index (χ0n) is 8.72. The number of halogens is 3. The number of piperidine rings is 1. The Kier molecular flexibility index (Phi) is 3.14. The molecule has 16 heavy (non-hydrogen) atoms. The van der Waals surface area contributed by atoms with Gasteiger partial charge in [-0.3, -0.25) is 4.98 Å². The lowest BCUT2D eigenvalue weighted by atomic mass is 9.92. The number of hydrogen-bond donors (Lipinski definition) is 1. The molecule has 0 aliphatic carbocycles. The van der Waals surface area contributed by atoms with E-state index in [-0.39, 0.29) is 5.92 Å². The quantitative estimate of drug-likeness (QED) is 0.802. The Labute approximate surface area is 91.9 Å². The summed E-state index contributed by atoms with van der Waals surface area (Å²) in [4.78, 5) is 3.36. The second-order valence-electron chi connectivity index (χ2n) is 4.02. The Hall–Kier alpha value is -1.10. The molecule has 1 aromatic heterocycles. The SMILES string of the molecule is FC(F)(F)c1cc(C2CCCNC2)ccn1. The molecule has 1 atom stereocenters. The molecule has 1 saturated heterocycles. The van der Waals surface area contributed by atoms with E-state index < -0.39 is 11.9 Å². The maximum atomic E-state index is 12.5. The fourth-order valence-corrected chi connectivity index (χ4v) is 1.99. The Bertz CT molecular complexity index is 356. The predicted molar refractivity (Wildman–Crippen MR) is 54.1 cm³/mol. The highest BCUT2D eigenvalue weighted by Crippen LogP contribution is 2.30. The molecule has 1 aliphatic rings. The first-order valence-electron chi connectivity index (χ1n) is 5.31. The van der Waals surface area contributed by atoms with Crippen LogP contribution in [0.4, 0.5) is 13.2 Å². The van der Waals surface area contributed by atoms with Crippen molar-refractivity contribution in [1.29, 1.82) is 0 Å². The van der Waals surface area contributed by atoms with Crippen LogP contribution in [0, 0.1) is 0 Å². The molecular weight excluding hydrogens is 217 g/mol. The van der Waals surface area contributed by atoms with Crippen molar-refractivity contribution in [3.63, 3.8) is 0 Å². The zero-order chi connectivity index (χ0) is 11.6. The molecule has 2 heterocycles. The van der Waals surface area contributed by atoms with Crippen molar-refractivity contribution in [3.05, 3.63) is 29.6 Å². The third kappa shape index (κ3) is 2.52. The smallest absolute Gasteiger partial charge is 0.316 e. The van der Waals surface area contributed by atoms with Crippen molar-refractivity contribution in [2.75, 3.05) is 13.1 Å². The molecule has 0 aromatic carbocycles. The van der Waals surface area contributed by atoms with Gasteiger partial charge in [-0.15, -0.1) is 0 Å². The van der Waals surface area contributed by atoms with Crippen LogP contribution in [0.2, 0.25) is 0 Å². The first kappa shape index (κ1) is 11.4. The Balaban J connectivity index is 2.21. The highest BCUT2D eigenvalue weighted by molar-refractivity contribution is 5.23. The van der Waals surface area contributed by atoms with Crippen LogP contribution in [-0.4, -0.2) is 18.1 Å². The summed E-state index contributed by atoms with van der Waals surface area (Å²) in [7, 11) is 0. The van der Waals surface area contributed by atoms with Crippen LogP contribution < -0.4 is 5.32 Å². The largest absolute Gasteiger partial charge is 0.433 e. The van der Waals surface area contributed by atoms with Crippen LogP contribution in [0.15, 0.2) is 18.3 Å². The van der Waals surface area contributed by atoms with Crippen LogP contribution in [0.5, 0.6) is 0 Å². The Morgan fingerprint density at radius 1 is 1.38 bits per heavy atom. The van der Waals surface area contributed by atoms with Gasteiger partial charge in [-0.05, 0) is 43.0 Å². The Morgan fingerprint density at radius 3 is 2.81 bits per heavy atom. The predicted octanol–water partition coefficient (Wildman–Crippen LogP) is 2.57. The number of alkyl halides is 3. The lowest BCUT2D eigenvalue weighted by Crippen LogP contribution is -2.28. The summed E-state index contributed by atoms with van der Waals surface area (Å²) in [6.07, 6.45) is -1.16. The van der Waals surface area contributed by atoms with E-state index >= 15 is 0 Å². The highest BCUT2D eigenvalue weighted by Gasteiger charge is 2.33. The van der Waals surface area contributed by atoms with E-state index in [1.165, 1.54) is 6.20 Å². The topological polar surface area (TPSA) is 24.9 Å². The average Bonchev–Trinajstić information content (AvgIpc) is 2.29. The number of aromatic nitrogens is 1. The molecule has 0 bridgehead atoms. The van der Waals surface area contributed by atoms with Crippen LogP contribution in [0.3, 0.4) is 0 Å². The minimum Gasteiger partial charge on any atom is -0.316 e. The van der Waals surface area contributed by atoms with Gasteiger partial charge in [0.15, 0.2) is 0 Å². The van der Waals surface area contributed by atoms with Crippen molar-refractivity contribution in [2.24, 2.45) is 0 Å². The van der Waals surface area contributed by atoms with Crippen LogP contribution in [0.25, 0.3) is 0 Å². The van der Waals surface area contributed by atoms with Crippen molar-refractivity contribution in [1.82, 2.24) is 10.3 Å². The van der Waals surface area contributed by atoms with Crippen molar-refractivity contribution >= 4 is 0 Å². The van der Waals surface area contributed by atoms with E-state index in [1.54, 1.807) is 6.07 Å². The third-order valence-electron chi connectivity index (χ3n) is 2.84. The summed E-state index contributed by atoms with van der Waals surface area (Å²) in [5.41, 5.74) is -0.0647. The number of nitrogens with zero attached hydrogens (tertiary/aromatic N) is 1. The first-order valence-corrected chi connectivity index (χ1v) is 5.31. The molecule has 0 amide bonds. The molecule has 0 spiro atoms. The fraction of sp³-hybridized carbons (Fsp3) is 0.545. The summed E-state index contributed by atoms with van der Waals surface area (Å²) < 4.78 is 37.4. The molecule has 1 N–H and O–H groups in total. The maximum absolute atomic E-state index is 12.5. The highest BCUT2D eigenvalue weighted by atomic mass is 19.4. The van der Waals surface area contributed by atoms with Crippen molar-refractivity contribution in [3.8, 4) is 0 Å². The summed E-state index contributed by atoms with van der Waals surface area (Å²) in [6.45, 7) is 1.70. The van der Waals surface area contributed by atoms with Gasteiger partial charge < -0.3 is 5.32 Å². The number of hydrogen-bond acceptors (Lipinski definition) is 2. The van der Waals surface area contributed by atoms with Gasteiger partial charge in [0.25, 0.3) is 0 Å². The molecule has 1 unspecified atom stereocenters. The summed E-state index contributed by atoms with van der Waals surface area (Å²) in [5, 5.41) is 3.19. The summed E-state index contributed by atoms with van der Waals surface area (Å²) >= 11 is 0. The molecule has 1 aromatic rings. The van der Waals surface area contributed by atoms with Gasteiger partial charge in [-0.25, -0.2) is 0 Å². The monoisotopic (exact) mass is 230 g/mol. The van der Waals surface area contributed by atoms with Gasteiger partial charge in [-0.1, -0.05) is 0 Å². The normalized spacial score (nSPS) is 22.1. The van der Waals surface area contributed by atoms with Gasteiger partial charge >= 0.3 is 6.18 Å². The molecule has 2 rings (SSSR count). The number of pyridine rings is 1. The van der Waals surface area contributed by atoms with Crippen LogP contribution >= 0.6 is 0 Å². The summed E-state index contributed by atoms with van der Waals surface area (Å²) in [5.74, 6) is 0.179. The number of rotatable bonds is 1. The zero-order valence-corrected chi connectivity index (χ0v) is 8.72. The van der Waals surface area contributed by atoms with E-state index in [2.05, 4.69) is 10.3 Å². The minimum absolute atomic E-state index is 0.179. The van der Waals surface area contributed by atoms with Crippen molar-refractivity contribution in [2.45, 2.75) is 24.9 Å². The van der Waals surface area contributed by atoms with Crippen LogP contribution in [0.1, 0.15) is 30.0 Å². The molecular formula is C11H13F3N2. The van der Waals surface area contributed by atoms with Crippen molar-refractivity contribution < 1.29 is 13.2 Å². The molecule has 1 fully saturated rings. The third-order valence-corrected chi connectivity index (χ3v) is 2.84. The molecule has 5 heteroatoms. The lowest BCUT2D eigenvalue weighted by molar-refractivity contribution is -0.141. The first-order chi connectivity index (χ1) is 7.57. The van der Waals surface area contributed by atoms with Gasteiger partial charge in [-0.2, -0.15) is 13.2 Å². The lowest BCUT2D eigenvalue weighted by Gasteiger charge is -2.23. The van der Waals surface area contributed by atoms with Crippen LogP contribution in [-0.2, 0) is 6.18 Å². The molecule has 2 nitrogen and oxygen atoms in total. The van der Waals surface area contributed by atoms with E-state index in [9.17, 15) is 13.2 Å². The standard InChI is InChI=1S/C11H13F3N2/c12-11(13,14)10-6-8(3-5-16-10)9-2-1-4-15-7-9/h3,5-6,9,15H,1-2,4,7H2. The summed E-state index contributed by atoms with van der Waals surface area (Å²) in [6, 6.07) is 2.84. The van der Waals surface area contributed by atoms with E-state index in [0.717, 1.165) is 37.6 Å². The van der Waals surface area contributed by atoms with Gasteiger partial charge in [0, 0.05) is 12.7 Å². The van der Waals surface area contributed by atoms with E-state index in [1.807, 2.05) is 0 Å². The van der Waals surface area contributed by atoms with Gasteiger partial charge in [0.05, 0.1) is 0 Å². The Morgan fingerprint density at radius 2 is 2.19 bits per heavy atom. The van der Waals surface area contributed by atoms with E-state index in [4.69, 9.17) is 0 Å².